The maximum absolute atomic E-state index is 11.6. The van der Waals surface area contributed by atoms with Crippen molar-refractivity contribution >= 4 is 11.6 Å². The van der Waals surface area contributed by atoms with Gasteiger partial charge in [0.15, 0.2) is 0 Å². The molecule has 0 saturated carbocycles. The highest BCUT2D eigenvalue weighted by Gasteiger charge is 2.10. The Labute approximate surface area is 85.3 Å². The molecule has 0 fully saturated rings. The van der Waals surface area contributed by atoms with Gasteiger partial charge in [-0.05, 0) is 18.6 Å². The molecule has 0 aliphatic rings. The smallest absolute Gasteiger partial charge is 0.227 e. The highest BCUT2D eigenvalue weighted by molar-refractivity contribution is 5.92. The largest absolute Gasteiger partial charge is 0.326 e. The lowest BCUT2D eigenvalue weighted by Gasteiger charge is -2.10. The van der Waals surface area contributed by atoms with Crippen molar-refractivity contribution in [3.05, 3.63) is 30.3 Å². The summed E-state index contributed by atoms with van der Waals surface area (Å²) in [6, 6.07) is 9.57. The van der Waals surface area contributed by atoms with Gasteiger partial charge in [-0.25, -0.2) is 0 Å². The maximum Gasteiger partial charge on any atom is 0.227 e. The zero-order valence-electron chi connectivity index (χ0n) is 8.79. The second kappa shape index (κ2) is 5.43. The van der Waals surface area contributed by atoms with Crippen molar-refractivity contribution in [3.63, 3.8) is 0 Å². The van der Waals surface area contributed by atoms with E-state index in [9.17, 15) is 4.79 Å². The molecule has 0 bridgehead atoms. The summed E-state index contributed by atoms with van der Waals surface area (Å²) < 4.78 is 0. The lowest BCUT2D eigenvalue weighted by Crippen LogP contribution is -2.19. The molecule has 1 rings (SSSR count). The summed E-state index contributed by atoms with van der Waals surface area (Å²) >= 11 is 0. The lowest BCUT2D eigenvalue weighted by atomic mass is 10.1. The quantitative estimate of drug-likeness (QED) is 0.778. The average Bonchev–Trinajstić information content (AvgIpc) is 2.19. The van der Waals surface area contributed by atoms with Gasteiger partial charge in [-0.15, -0.1) is 0 Å². The van der Waals surface area contributed by atoms with Crippen LogP contribution in [0.4, 0.5) is 5.69 Å². The maximum atomic E-state index is 11.6. The van der Waals surface area contributed by atoms with Gasteiger partial charge in [0.25, 0.3) is 0 Å². The van der Waals surface area contributed by atoms with Gasteiger partial charge in [0.05, 0.1) is 0 Å². The molecule has 1 aromatic rings. The summed E-state index contributed by atoms with van der Waals surface area (Å²) in [6.07, 6.45) is 1.99. The van der Waals surface area contributed by atoms with E-state index in [0.717, 1.165) is 18.5 Å². The summed E-state index contributed by atoms with van der Waals surface area (Å²) in [5.41, 5.74) is 0.875. The number of benzene rings is 1. The standard InChI is InChI=1S/C12H17NO/c1-3-7-10(2)12(14)13-11-8-5-4-6-9-11/h4-6,8-10H,3,7H2,1-2H3,(H,13,14)/t10-/m0/s1. The third-order valence-electron chi connectivity index (χ3n) is 2.21. The number of hydrogen-bond donors (Lipinski definition) is 1. The van der Waals surface area contributed by atoms with Crippen molar-refractivity contribution in [2.75, 3.05) is 5.32 Å². The van der Waals surface area contributed by atoms with E-state index < -0.39 is 0 Å². The Balaban J connectivity index is 2.49. The molecule has 0 spiro atoms. The first-order valence-electron chi connectivity index (χ1n) is 5.10. The number of anilines is 1. The summed E-state index contributed by atoms with van der Waals surface area (Å²) in [5.74, 6) is 0.207. The molecule has 0 unspecified atom stereocenters. The molecule has 1 atom stereocenters. The molecule has 1 amide bonds. The van der Waals surface area contributed by atoms with Gasteiger partial charge in [-0.1, -0.05) is 38.5 Å². The van der Waals surface area contributed by atoms with Gasteiger partial charge >= 0.3 is 0 Å². The molecule has 2 nitrogen and oxygen atoms in total. The Bertz CT molecular complexity index is 282. The van der Waals surface area contributed by atoms with E-state index in [0.29, 0.717) is 0 Å². The zero-order valence-corrected chi connectivity index (χ0v) is 8.79. The fraction of sp³-hybridized carbons (Fsp3) is 0.417. The minimum absolute atomic E-state index is 0.0974. The Hall–Kier alpha value is -1.31. The second-order valence-corrected chi connectivity index (χ2v) is 3.54. The van der Waals surface area contributed by atoms with Crippen LogP contribution >= 0.6 is 0 Å². The highest BCUT2D eigenvalue weighted by Crippen LogP contribution is 2.10. The van der Waals surface area contributed by atoms with Crippen molar-refractivity contribution in [3.8, 4) is 0 Å². The first-order chi connectivity index (χ1) is 6.74. The molecule has 0 radical (unpaired) electrons. The number of amides is 1. The molecule has 0 saturated heterocycles. The minimum atomic E-state index is 0.0974. The number of carbonyl (C=O) groups excluding carboxylic acids is 1. The van der Waals surface area contributed by atoms with E-state index in [-0.39, 0.29) is 11.8 Å². The molecular weight excluding hydrogens is 174 g/mol. The normalized spacial score (nSPS) is 12.1. The Morgan fingerprint density at radius 2 is 2.00 bits per heavy atom. The predicted octanol–water partition coefficient (Wildman–Crippen LogP) is 3.06. The van der Waals surface area contributed by atoms with Gasteiger partial charge < -0.3 is 5.32 Å². The second-order valence-electron chi connectivity index (χ2n) is 3.54. The third-order valence-corrected chi connectivity index (χ3v) is 2.21. The Kier molecular flexibility index (Phi) is 4.17. The van der Waals surface area contributed by atoms with Crippen LogP contribution in [0.3, 0.4) is 0 Å². The van der Waals surface area contributed by atoms with Crippen LogP contribution < -0.4 is 5.32 Å². The van der Waals surface area contributed by atoms with Crippen molar-refractivity contribution < 1.29 is 4.79 Å². The monoisotopic (exact) mass is 191 g/mol. The molecular formula is C12H17NO. The molecule has 1 N–H and O–H groups in total. The Morgan fingerprint density at radius 1 is 1.36 bits per heavy atom. The number of carbonyl (C=O) groups is 1. The van der Waals surface area contributed by atoms with Gasteiger partial charge in [0.2, 0.25) is 5.91 Å². The summed E-state index contributed by atoms with van der Waals surface area (Å²) in [6.45, 7) is 4.05. The lowest BCUT2D eigenvalue weighted by molar-refractivity contribution is -0.119. The molecule has 0 aliphatic carbocycles. The average molecular weight is 191 g/mol. The predicted molar refractivity (Wildman–Crippen MR) is 59.1 cm³/mol. The molecule has 0 aromatic heterocycles. The number of nitrogens with one attached hydrogen (secondary N) is 1. The molecule has 76 valence electrons. The van der Waals surface area contributed by atoms with Crippen LogP contribution in [0.2, 0.25) is 0 Å². The molecule has 2 heteroatoms. The van der Waals surface area contributed by atoms with Crippen LogP contribution in [0.1, 0.15) is 26.7 Å². The SMILES string of the molecule is CCC[C@H](C)C(=O)Nc1ccccc1. The van der Waals surface area contributed by atoms with Crippen LogP contribution in [0, 0.1) is 5.92 Å². The van der Waals surface area contributed by atoms with E-state index in [1.54, 1.807) is 0 Å². The summed E-state index contributed by atoms with van der Waals surface area (Å²) in [4.78, 5) is 11.6. The fourth-order valence-electron chi connectivity index (χ4n) is 1.35. The van der Waals surface area contributed by atoms with Crippen LogP contribution in [0.5, 0.6) is 0 Å². The fourth-order valence-corrected chi connectivity index (χ4v) is 1.35. The van der Waals surface area contributed by atoms with Gasteiger partial charge in [-0.3, -0.25) is 4.79 Å². The van der Waals surface area contributed by atoms with Crippen molar-refractivity contribution in [1.82, 2.24) is 0 Å². The summed E-state index contributed by atoms with van der Waals surface area (Å²) in [5, 5.41) is 2.89. The molecule has 0 aliphatic heterocycles. The van der Waals surface area contributed by atoms with E-state index in [2.05, 4.69) is 12.2 Å². The van der Waals surface area contributed by atoms with E-state index in [1.807, 2.05) is 37.3 Å². The summed E-state index contributed by atoms with van der Waals surface area (Å²) in [7, 11) is 0. The Morgan fingerprint density at radius 3 is 2.57 bits per heavy atom. The van der Waals surface area contributed by atoms with Crippen molar-refractivity contribution in [2.24, 2.45) is 5.92 Å². The van der Waals surface area contributed by atoms with Crippen molar-refractivity contribution in [2.45, 2.75) is 26.7 Å². The van der Waals surface area contributed by atoms with Crippen LogP contribution in [-0.4, -0.2) is 5.91 Å². The van der Waals surface area contributed by atoms with Gasteiger partial charge in [-0.2, -0.15) is 0 Å². The van der Waals surface area contributed by atoms with E-state index >= 15 is 0 Å². The first-order valence-corrected chi connectivity index (χ1v) is 5.10. The molecule has 14 heavy (non-hydrogen) atoms. The van der Waals surface area contributed by atoms with Gasteiger partial charge in [0.1, 0.15) is 0 Å². The van der Waals surface area contributed by atoms with Gasteiger partial charge in [0, 0.05) is 11.6 Å². The van der Waals surface area contributed by atoms with Crippen LogP contribution in [0.15, 0.2) is 30.3 Å². The van der Waals surface area contributed by atoms with Crippen molar-refractivity contribution in [1.29, 1.82) is 0 Å². The first kappa shape index (κ1) is 10.8. The van der Waals surface area contributed by atoms with Crippen LogP contribution in [-0.2, 0) is 4.79 Å². The topological polar surface area (TPSA) is 29.1 Å². The molecule has 1 aromatic carbocycles. The van der Waals surface area contributed by atoms with Crippen LogP contribution in [0.25, 0.3) is 0 Å². The number of para-hydroxylation sites is 1. The number of hydrogen-bond acceptors (Lipinski definition) is 1. The third kappa shape index (κ3) is 3.21. The minimum Gasteiger partial charge on any atom is -0.326 e. The number of rotatable bonds is 4. The van der Waals surface area contributed by atoms with E-state index in [1.165, 1.54) is 0 Å². The highest BCUT2D eigenvalue weighted by atomic mass is 16.1. The zero-order chi connectivity index (χ0) is 10.4. The van der Waals surface area contributed by atoms with E-state index in [4.69, 9.17) is 0 Å². The molecule has 0 heterocycles.